The van der Waals surface area contributed by atoms with Gasteiger partial charge in [0.15, 0.2) is 11.5 Å². The van der Waals surface area contributed by atoms with Gasteiger partial charge in [-0.15, -0.1) is 0 Å². The molecule has 0 atom stereocenters. The average Bonchev–Trinajstić information content (AvgIpc) is 2.57. The smallest absolute Gasteiger partial charge is 0.271 e. The van der Waals surface area contributed by atoms with Crippen LogP contribution in [0.4, 0.5) is 0 Å². The second-order valence-corrected chi connectivity index (χ2v) is 5.39. The number of hydrazone groups is 1. The van der Waals surface area contributed by atoms with Crippen LogP contribution in [0.5, 0.6) is 17.2 Å². The van der Waals surface area contributed by atoms with Crippen molar-refractivity contribution in [2.45, 2.75) is 0 Å². The predicted molar refractivity (Wildman–Crippen MR) is 90.4 cm³/mol. The molecule has 2 rings (SSSR count). The van der Waals surface area contributed by atoms with Gasteiger partial charge in [0.05, 0.1) is 20.4 Å². The fraction of sp³-hybridized carbons (Fsp3) is 0.125. The highest BCUT2D eigenvalue weighted by Gasteiger charge is 2.10. The first kappa shape index (κ1) is 16.8. The molecule has 0 aromatic heterocycles. The van der Waals surface area contributed by atoms with Gasteiger partial charge in [0, 0.05) is 15.6 Å². The van der Waals surface area contributed by atoms with Gasteiger partial charge in [0.1, 0.15) is 5.75 Å². The fourth-order valence-electron chi connectivity index (χ4n) is 1.83. The Morgan fingerprint density at radius 3 is 2.61 bits per heavy atom. The highest BCUT2D eigenvalue weighted by molar-refractivity contribution is 9.10. The molecule has 120 valence electrons. The number of hydrogen-bond donors (Lipinski definition) is 2. The fourth-order valence-corrected chi connectivity index (χ4v) is 2.21. The van der Waals surface area contributed by atoms with Gasteiger partial charge in [0.2, 0.25) is 0 Å². The summed E-state index contributed by atoms with van der Waals surface area (Å²) in [5.41, 5.74) is 3.24. The van der Waals surface area contributed by atoms with Crippen LogP contribution in [0, 0.1) is 0 Å². The van der Waals surface area contributed by atoms with Gasteiger partial charge < -0.3 is 14.6 Å². The van der Waals surface area contributed by atoms with Crippen molar-refractivity contribution in [3.8, 4) is 17.2 Å². The zero-order valence-corrected chi connectivity index (χ0v) is 14.1. The predicted octanol–water partition coefficient (Wildman–Crippen LogP) is 2.94. The highest BCUT2D eigenvalue weighted by Crippen LogP contribution is 2.27. The molecule has 0 fully saturated rings. The Morgan fingerprint density at radius 1 is 1.17 bits per heavy atom. The first-order chi connectivity index (χ1) is 11.0. The summed E-state index contributed by atoms with van der Waals surface area (Å²) in [5, 5.41) is 13.5. The van der Waals surface area contributed by atoms with E-state index in [0.29, 0.717) is 22.6 Å². The summed E-state index contributed by atoms with van der Waals surface area (Å²) in [4.78, 5) is 12.1. The van der Waals surface area contributed by atoms with Crippen molar-refractivity contribution >= 4 is 28.1 Å². The Morgan fingerprint density at radius 2 is 1.91 bits per heavy atom. The summed E-state index contributed by atoms with van der Waals surface area (Å²) in [6.07, 6.45) is 1.36. The van der Waals surface area contributed by atoms with Crippen LogP contribution in [-0.4, -0.2) is 31.4 Å². The molecule has 0 unspecified atom stereocenters. The maximum atomic E-state index is 12.1. The maximum Gasteiger partial charge on any atom is 0.271 e. The number of benzene rings is 2. The summed E-state index contributed by atoms with van der Waals surface area (Å²) < 4.78 is 11.1. The van der Waals surface area contributed by atoms with Gasteiger partial charge in [-0.1, -0.05) is 15.9 Å². The number of rotatable bonds is 5. The van der Waals surface area contributed by atoms with Crippen LogP contribution >= 0.6 is 15.9 Å². The van der Waals surface area contributed by atoms with Crippen LogP contribution in [0.25, 0.3) is 0 Å². The number of nitrogens with one attached hydrogen (secondary N) is 1. The topological polar surface area (TPSA) is 80.2 Å². The molecule has 6 nitrogen and oxygen atoms in total. The zero-order valence-electron chi connectivity index (χ0n) is 12.5. The summed E-state index contributed by atoms with van der Waals surface area (Å²) in [6.45, 7) is 0. The number of carbonyl (C=O) groups is 1. The lowest BCUT2D eigenvalue weighted by Crippen LogP contribution is -2.17. The van der Waals surface area contributed by atoms with Crippen LogP contribution in [0.1, 0.15) is 15.9 Å². The molecule has 2 N–H and O–H groups in total. The van der Waals surface area contributed by atoms with E-state index in [9.17, 15) is 9.90 Å². The normalized spacial score (nSPS) is 10.6. The monoisotopic (exact) mass is 378 g/mol. The average molecular weight is 379 g/mol. The first-order valence-electron chi connectivity index (χ1n) is 6.59. The molecule has 0 spiro atoms. The standard InChI is InChI=1S/C16H15BrN2O4/c1-22-14-6-3-10(8-15(14)23-2)16(21)19-18-9-11-7-12(17)4-5-13(11)20/h3-9,20H,1-2H3,(H,19,21)/b18-9+. The third-order valence-electron chi connectivity index (χ3n) is 3.01. The molecule has 0 saturated carbocycles. The van der Waals surface area contributed by atoms with E-state index in [-0.39, 0.29) is 5.75 Å². The second kappa shape index (κ2) is 7.64. The largest absolute Gasteiger partial charge is 0.507 e. The number of phenolic OH excluding ortho intramolecular Hbond substituents is 1. The van der Waals surface area contributed by atoms with E-state index in [1.165, 1.54) is 26.5 Å². The Labute approximate surface area is 141 Å². The molecule has 0 aliphatic rings. The van der Waals surface area contributed by atoms with Gasteiger partial charge in [-0.25, -0.2) is 5.43 Å². The lowest BCUT2D eigenvalue weighted by molar-refractivity contribution is 0.0954. The minimum absolute atomic E-state index is 0.0670. The summed E-state index contributed by atoms with van der Waals surface area (Å²) in [6, 6.07) is 9.71. The second-order valence-electron chi connectivity index (χ2n) is 4.47. The number of ether oxygens (including phenoxy) is 2. The maximum absolute atomic E-state index is 12.1. The van der Waals surface area contributed by atoms with E-state index in [2.05, 4.69) is 26.5 Å². The Kier molecular flexibility index (Phi) is 5.59. The van der Waals surface area contributed by atoms with Crippen LogP contribution in [0.15, 0.2) is 46.0 Å². The van der Waals surface area contributed by atoms with Crippen molar-refractivity contribution in [1.29, 1.82) is 0 Å². The number of halogens is 1. The van der Waals surface area contributed by atoms with Crippen LogP contribution in [0.3, 0.4) is 0 Å². The van der Waals surface area contributed by atoms with Gasteiger partial charge in [0.25, 0.3) is 5.91 Å². The molecule has 7 heteroatoms. The van der Waals surface area contributed by atoms with E-state index in [4.69, 9.17) is 9.47 Å². The Hall–Kier alpha value is -2.54. The quantitative estimate of drug-likeness (QED) is 0.619. The minimum atomic E-state index is -0.406. The Bertz CT molecular complexity index is 747. The lowest BCUT2D eigenvalue weighted by atomic mass is 10.2. The Balaban J connectivity index is 2.10. The molecule has 2 aromatic rings. The van der Waals surface area contributed by atoms with Crippen LogP contribution < -0.4 is 14.9 Å². The number of carbonyl (C=O) groups excluding carboxylic acids is 1. The van der Waals surface area contributed by atoms with Gasteiger partial charge in [-0.2, -0.15) is 5.10 Å². The molecule has 0 aliphatic carbocycles. The molecule has 23 heavy (non-hydrogen) atoms. The zero-order chi connectivity index (χ0) is 16.8. The minimum Gasteiger partial charge on any atom is -0.507 e. The van der Waals surface area contributed by atoms with Gasteiger partial charge in [-0.3, -0.25) is 4.79 Å². The van der Waals surface area contributed by atoms with Crippen molar-refractivity contribution in [3.63, 3.8) is 0 Å². The lowest BCUT2D eigenvalue weighted by Gasteiger charge is -2.08. The molecule has 1 amide bonds. The van der Waals surface area contributed by atoms with E-state index in [1.54, 1.807) is 30.3 Å². The molecule has 0 radical (unpaired) electrons. The molecule has 0 heterocycles. The molecular weight excluding hydrogens is 364 g/mol. The molecule has 2 aromatic carbocycles. The SMILES string of the molecule is COc1ccc(C(=O)N/N=C/c2cc(Br)ccc2O)cc1OC. The molecule has 0 aliphatic heterocycles. The van der Waals surface area contributed by atoms with Crippen molar-refractivity contribution < 1.29 is 19.4 Å². The molecular formula is C16H15BrN2O4. The van der Waals surface area contributed by atoms with Gasteiger partial charge in [-0.05, 0) is 36.4 Å². The van der Waals surface area contributed by atoms with E-state index < -0.39 is 5.91 Å². The third kappa shape index (κ3) is 4.23. The number of nitrogens with zero attached hydrogens (tertiary/aromatic N) is 1. The summed E-state index contributed by atoms with van der Waals surface area (Å²) in [7, 11) is 3.01. The van der Waals surface area contributed by atoms with Crippen molar-refractivity contribution in [2.75, 3.05) is 14.2 Å². The van der Waals surface area contributed by atoms with E-state index in [1.807, 2.05) is 0 Å². The highest BCUT2D eigenvalue weighted by atomic mass is 79.9. The van der Waals surface area contributed by atoms with Crippen LogP contribution in [0.2, 0.25) is 0 Å². The number of hydrogen-bond acceptors (Lipinski definition) is 5. The number of amides is 1. The van der Waals surface area contributed by atoms with Crippen molar-refractivity contribution in [3.05, 3.63) is 52.0 Å². The van der Waals surface area contributed by atoms with Crippen molar-refractivity contribution in [1.82, 2.24) is 5.43 Å². The number of phenols is 1. The van der Waals surface area contributed by atoms with Crippen LogP contribution in [-0.2, 0) is 0 Å². The summed E-state index contributed by atoms with van der Waals surface area (Å²) in [5.74, 6) is 0.648. The molecule has 0 saturated heterocycles. The van der Waals surface area contributed by atoms with E-state index in [0.717, 1.165) is 4.47 Å². The number of methoxy groups -OCH3 is 2. The molecule has 0 bridgehead atoms. The number of aromatic hydroxyl groups is 1. The first-order valence-corrected chi connectivity index (χ1v) is 7.38. The van der Waals surface area contributed by atoms with Crippen molar-refractivity contribution in [2.24, 2.45) is 5.10 Å². The van der Waals surface area contributed by atoms with E-state index >= 15 is 0 Å². The van der Waals surface area contributed by atoms with Gasteiger partial charge >= 0.3 is 0 Å². The third-order valence-corrected chi connectivity index (χ3v) is 3.50. The summed E-state index contributed by atoms with van der Waals surface area (Å²) >= 11 is 3.30.